The summed E-state index contributed by atoms with van der Waals surface area (Å²) in [6.07, 6.45) is 6.40. The molecule has 0 N–H and O–H groups in total. The fraction of sp³-hybridized carbons (Fsp3) is 0.429. The van der Waals surface area contributed by atoms with Crippen molar-refractivity contribution in [2.45, 2.75) is 54.8 Å². The maximum Gasteiger partial charge on any atom is 0.214 e. The number of nitrogens with zero attached hydrogens (tertiary/aromatic N) is 5. The molecule has 2 heterocycles. The van der Waals surface area contributed by atoms with Crippen molar-refractivity contribution in [2.24, 2.45) is 13.0 Å². The number of aryl methyl sites for hydroxylation is 2. The number of Topliss-reactive ketones (excluding diaryl/α,β-unsaturated/α-hetero) is 2. The van der Waals surface area contributed by atoms with Crippen LogP contribution in [0.3, 0.4) is 0 Å². The summed E-state index contributed by atoms with van der Waals surface area (Å²) in [5, 5.41) is 12.8. The van der Waals surface area contributed by atoms with Gasteiger partial charge in [0.15, 0.2) is 5.78 Å². The standard InChI is InChI=1S/C21H23N5O2S2/c1-13-7-8-15(17(9-13)20(28)14-5-3-4-6-14)10-16(27)11-18-22-12-19(29-18)30-21-23-24-25-26(21)2/h7-9,12,14H,3-6,10-11H2,1-2H3. The van der Waals surface area contributed by atoms with Crippen molar-refractivity contribution >= 4 is 34.7 Å². The first kappa shape index (κ1) is 20.9. The van der Waals surface area contributed by atoms with Gasteiger partial charge in [0.2, 0.25) is 5.16 Å². The van der Waals surface area contributed by atoms with Crippen LogP contribution < -0.4 is 0 Å². The van der Waals surface area contributed by atoms with E-state index in [1.54, 1.807) is 17.9 Å². The van der Waals surface area contributed by atoms with Gasteiger partial charge in [0.05, 0.1) is 16.8 Å². The van der Waals surface area contributed by atoms with Gasteiger partial charge in [-0.15, -0.1) is 16.4 Å². The Hall–Kier alpha value is -2.39. The third-order valence-corrected chi connectivity index (χ3v) is 7.43. The molecule has 0 radical (unpaired) electrons. The highest BCUT2D eigenvalue weighted by Gasteiger charge is 2.26. The molecule has 0 spiro atoms. The molecule has 1 saturated carbocycles. The Labute approximate surface area is 183 Å². The van der Waals surface area contributed by atoms with Gasteiger partial charge in [-0.1, -0.05) is 30.5 Å². The Balaban J connectivity index is 1.43. The minimum atomic E-state index is 0.0607. The number of rotatable bonds is 8. The average Bonchev–Trinajstić information content (AvgIpc) is 3.47. The van der Waals surface area contributed by atoms with E-state index < -0.39 is 0 Å². The van der Waals surface area contributed by atoms with Crippen LogP contribution in [0.1, 0.15) is 52.2 Å². The fourth-order valence-corrected chi connectivity index (χ4v) is 5.63. The first-order valence-electron chi connectivity index (χ1n) is 10.00. The van der Waals surface area contributed by atoms with Gasteiger partial charge in [0.1, 0.15) is 10.8 Å². The second-order valence-corrected chi connectivity index (χ2v) is 10.0. The topological polar surface area (TPSA) is 90.6 Å². The van der Waals surface area contributed by atoms with Gasteiger partial charge in [-0.3, -0.25) is 9.59 Å². The minimum absolute atomic E-state index is 0.0607. The lowest BCUT2D eigenvalue weighted by atomic mass is 9.90. The highest BCUT2D eigenvalue weighted by molar-refractivity contribution is 8.01. The van der Waals surface area contributed by atoms with Crippen LogP contribution in [0, 0.1) is 12.8 Å². The monoisotopic (exact) mass is 441 g/mol. The average molecular weight is 442 g/mol. The van der Waals surface area contributed by atoms with E-state index in [1.807, 2.05) is 25.1 Å². The lowest BCUT2D eigenvalue weighted by Crippen LogP contribution is -2.16. The highest BCUT2D eigenvalue weighted by atomic mass is 32.2. The molecule has 1 aliphatic rings. The molecule has 30 heavy (non-hydrogen) atoms. The van der Waals surface area contributed by atoms with Crippen molar-refractivity contribution in [2.75, 3.05) is 0 Å². The molecular formula is C21H23N5O2S2. The first-order chi connectivity index (χ1) is 14.5. The van der Waals surface area contributed by atoms with E-state index in [0.717, 1.165) is 51.6 Å². The van der Waals surface area contributed by atoms with Crippen LogP contribution in [0.5, 0.6) is 0 Å². The van der Waals surface area contributed by atoms with Crippen LogP contribution in [-0.4, -0.2) is 36.8 Å². The molecule has 1 fully saturated rings. The smallest absolute Gasteiger partial charge is 0.214 e. The summed E-state index contributed by atoms with van der Waals surface area (Å²) in [4.78, 5) is 30.1. The summed E-state index contributed by atoms with van der Waals surface area (Å²) in [5.41, 5.74) is 2.60. The lowest BCUT2D eigenvalue weighted by molar-refractivity contribution is -0.117. The molecule has 9 heteroatoms. The van der Waals surface area contributed by atoms with E-state index in [1.165, 1.54) is 23.1 Å². The largest absolute Gasteiger partial charge is 0.299 e. The predicted octanol–water partition coefficient (Wildman–Crippen LogP) is 3.85. The molecule has 4 rings (SSSR count). The molecule has 7 nitrogen and oxygen atoms in total. The summed E-state index contributed by atoms with van der Waals surface area (Å²) >= 11 is 2.89. The van der Waals surface area contributed by atoms with E-state index in [0.29, 0.717) is 5.16 Å². The normalized spacial score (nSPS) is 14.3. The Morgan fingerprint density at radius 1 is 1.23 bits per heavy atom. The number of ketones is 2. The van der Waals surface area contributed by atoms with Crippen molar-refractivity contribution in [1.29, 1.82) is 0 Å². The van der Waals surface area contributed by atoms with Gasteiger partial charge in [-0.2, -0.15) is 0 Å². The third-order valence-electron chi connectivity index (χ3n) is 5.30. The molecular weight excluding hydrogens is 418 g/mol. The van der Waals surface area contributed by atoms with Crippen molar-refractivity contribution in [1.82, 2.24) is 25.2 Å². The fourth-order valence-electron chi connectivity index (χ4n) is 3.75. The number of hydrogen-bond acceptors (Lipinski definition) is 8. The van der Waals surface area contributed by atoms with E-state index in [9.17, 15) is 9.59 Å². The van der Waals surface area contributed by atoms with Gasteiger partial charge in [0.25, 0.3) is 0 Å². The molecule has 1 aromatic carbocycles. The molecule has 0 aliphatic heterocycles. The number of tetrazole rings is 1. The SMILES string of the molecule is Cc1ccc(CC(=O)Cc2ncc(Sc3nnnn3C)s2)c(C(=O)C2CCCC2)c1. The van der Waals surface area contributed by atoms with E-state index >= 15 is 0 Å². The molecule has 3 aromatic rings. The van der Waals surface area contributed by atoms with E-state index in [-0.39, 0.29) is 30.3 Å². The lowest BCUT2D eigenvalue weighted by Gasteiger charge is -2.13. The molecule has 2 aromatic heterocycles. The first-order valence-corrected chi connectivity index (χ1v) is 11.6. The van der Waals surface area contributed by atoms with E-state index in [2.05, 4.69) is 20.5 Å². The number of benzene rings is 1. The Morgan fingerprint density at radius 3 is 2.77 bits per heavy atom. The van der Waals surface area contributed by atoms with Crippen LogP contribution in [0.15, 0.2) is 33.8 Å². The van der Waals surface area contributed by atoms with Crippen molar-refractivity contribution < 1.29 is 9.59 Å². The Kier molecular flexibility index (Phi) is 6.38. The number of thiazole rings is 1. The van der Waals surface area contributed by atoms with Gasteiger partial charge >= 0.3 is 0 Å². The zero-order chi connectivity index (χ0) is 21.1. The van der Waals surface area contributed by atoms with E-state index in [4.69, 9.17) is 0 Å². The maximum atomic E-state index is 13.0. The van der Waals surface area contributed by atoms with Crippen LogP contribution in [0.4, 0.5) is 0 Å². The van der Waals surface area contributed by atoms with Gasteiger partial charge < -0.3 is 0 Å². The molecule has 0 bridgehead atoms. The molecule has 156 valence electrons. The van der Waals surface area contributed by atoms with Crippen molar-refractivity contribution in [3.8, 4) is 0 Å². The number of aromatic nitrogens is 5. The Bertz CT molecular complexity index is 1070. The quantitative estimate of drug-likeness (QED) is 0.490. The van der Waals surface area contributed by atoms with Crippen LogP contribution >= 0.6 is 23.1 Å². The van der Waals surface area contributed by atoms with Gasteiger partial charge in [-0.25, -0.2) is 9.67 Å². The third kappa shape index (κ3) is 4.84. The zero-order valence-electron chi connectivity index (χ0n) is 17.0. The van der Waals surface area contributed by atoms with Crippen molar-refractivity contribution in [3.63, 3.8) is 0 Å². The number of carbonyl (C=O) groups excluding carboxylic acids is 2. The molecule has 0 amide bonds. The summed E-state index contributed by atoms with van der Waals surface area (Å²) in [7, 11) is 1.78. The van der Waals surface area contributed by atoms with Crippen LogP contribution in [-0.2, 0) is 24.7 Å². The predicted molar refractivity (Wildman–Crippen MR) is 115 cm³/mol. The van der Waals surface area contributed by atoms with Gasteiger partial charge in [0, 0.05) is 24.9 Å². The number of carbonyl (C=O) groups is 2. The maximum absolute atomic E-state index is 13.0. The second-order valence-electron chi connectivity index (χ2n) is 7.66. The summed E-state index contributed by atoms with van der Waals surface area (Å²) in [6.45, 7) is 1.98. The number of hydrogen-bond donors (Lipinski definition) is 0. The summed E-state index contributed by atoms with van der Waals surface area (Å²) in [5.74, 6) is 0.365. The van der Waals surface area contributed by atoms with Crippen LogP contribution in [0.25, 0.3) is 0 Å². The highest BCUT2D eigenvalue weighted by Crippen LogP contribution is 2.31. The molecule has 1 aliphatic carbocycles. The summed E-state index contributed by atoms with van der Waals surface area (Å²) < 4.78 is 2.53. The summed E-state index contributed by atoms with van der Waals surface area (Å²) in [6, 6.07) is 5.84. The molecule has 0 atom stereocenters. The van der Waals surface area contributed by atoms with Crippen molar-refractivity contribution in [3.05, 3.63) is 46.1 Å². The molecule has 0 unspecified atom stereocenters. The minimum Gasteiger partial charge on any atom is -0.299 e. The van der Waals surface area contributed by atoms with Gasteiger partial charge in [-0.05, 0) is 53.6 Å². The Morgan fingerprint density at radius 2 is 2.03 bits per heavy atom. The molecule has 0 saturated heterocycles. The zero-order valence-corrected chi connectivity index (χ0v) is 18.6. The van der Waals surface area contributed by atoms with Crippen LogP contribution in [0.2, 0.25) is 0 Å². The second kappa shape index (κ2) is 9.18.